The molecule has 3 rings (SSSR count). The van der Waals surface area contributed by atoms with E-state index in [0.717, 1.165) is 22.7 Å². The fourth-order valence-electron chi connectivity index (χ4n) is 2.55. The zero-order valence-corrected chi connectivity index (χ0v) is 11.6. The standard InChI is InChI=1S/C15H17N3O2/c1-10-7-11(20-17-10)9-16-13-8-15(19)18(2)14-6-4-3-5-12(13)14/h3-7,13,16H,8-9H2,1-2H3. The SMILES string of the molecule is Cc1cc(CNC2CC(=O)N(C)c3ccccc32)on1. The van der Waals surface area contributed by atoms with Gasteiger partial charge in [-0.3, -0.25) is 4.79 Å². The molecule has 1 aliphatic rings. The van der Waals surface area contributed by atoms with Crippen LogP contribution in [0.3, 0.4) is 0 Å². The van der Waals surface area contributed by atoms with Gasteiger partial charge in [0.05, 0.1) is 12.2 Å². The highest BCUT2D eigenvalue weighted by atomic mass is 16.5. The summed E-state index contributed by atoms with van der Waals surface area (Å²) < 4.78 is 5.18. The second-order valence-electron chi connectivity index (χ2n) is 5.08. The molecule has 0 radical (unpaired) electrons. The van der Waals surface area contributed by atoms with Gasteiger partial charge in [-0.15, -0.1) is 0 Å². The van der Waals surface area contributed by atoms with Crippen molar-refractivity contribution in [2.24, 2.45) is 0 Å². The van der Waals surface area contributed by atoms with Crippen LogP contribution in [0, 0.1) is 6.92 Å². The molecule has 0 saturated heterocycles. The summed E-state index contributed by atoms with van der Waals surface area (Å²) in [5, 5.41) is 7.24. The smallest absolute Gasteiger partial charge is 0.228 e. The zero-order chi connectivity index (χ0) is 14.1. The molecule has 20 heavy (non-hydrogen) atoms. The van der Waals surface area contributed by atoms with Crippen molar-refractivity contribution in [3.63, 3.8) is 0 Å². The van der Waals surface area contributed by atoms with E-state index in [4.69, 9.17) is 4.52 Å². The van der Waals surface area contributed by atoms with Crippen molar-refractivity contribution >= 4 is 11.6 Å². The van der Waals surface area contributed by atoms with Gasteiger partial charge in [0.15, 0.2) is 5.76 Å². The van der Waals surface area contributed by atoms with Gasteiger partial charge in [-0.2, -0.15) is 0 Å². The number of hydrogen-bond donors (Lipinski definition) is 1. The summed E-state index contributed by atoms with van der Waals surface area (Å²) in [6, 6.07) is 9.89. The molecule has 5 nitrogen and oxygen atoms in total. The minimum atomic E-state index is 0.0142. The first-order chi connectivity index (χ1) is 9.65. The topological polar surface area (TPSA) is 58.4 Å². The van der Waals surface area contributed by atoms with Crippen LogP contribution in [0.2, 0.25) is 0 Å². The van der Waals surface area contributed by atoms with Crippen molar-refractivity contribution in [2.45, 2.75) is 25.9 Å². The summed E-state index contributed by atoms with van der Waals surface area (Å²) in [5.74, 6) is 0.904. The van der Waals surface area contributed by atoms with Crippen molar-refractivity contribution in [3.8, 4) is 0 Å². The van der Waals surface area contributed by atoms with Crippen LogP contribution in [-0.2, 0) is 11.3 Å². The fourth-order valence-corrected chi connectivity index (χ4v) is 2.55. The lowest BCUT2D eigenvalue weighted by Crippen LogP contribution is -2.37. The van der Waals surface area contributed by atoms with Gasteiger partial charge in [0.25, 0.3) is 0 Å². The number of amides is 1. The van der Waals surface area contributed by atoms with Crippen molar-refractivity contribution < 1.29 is 9.32 Å². The molecule has 5 heteroatoms. The number of nitrogens with zero attached hydrogens (tertiary/aromatic N) is 2. The number of benzene rings is 1. The highest BCUT2D eigenvalue weighted by Gasteiger charge is 2.28. The average Bonchev–Trinajstić information content (AvgIpc) is 2.87. The highest BCUT2D eigenvalue weighted by molar-refractivity contribution is 5.96. The molecular formula is C15H17N3O2. The number of nitrogens with one attached hydrogen (secondary N) is 1. The molecule has 1 aromatic heterocycles. The van der Waals surface area contributed by atoms with Gasteiger partial charge < -0.3 is 14.7 Å². The molecule has 1 aliphatic heterocycles. The normalized spacial score (nSPS) is 18.2. The number of carbonyl (C=O) groups is 1. The van der Waals surface area contributed by atoms with E-state index in [1.54, 1.807) is 4.90 Å². The molecular weight excluding hydrogens is 254 g/mol. The van der Waals surface area contributed by atoms with Crippen LogP contribution in [0.15, 0.2) is 34.9 Å². The third kappa shape index (κ3) is 2.32. The predicted molar refractivity (Wildman–Crippen MR) is 75.3 cm³/mol. The van der Waals surface area contributed by atoms with Gasteiger partial charge in [0, 0.05) is 31.3 Å². The summed E-state index contributed by atoms with van der Waals surface area (Å²) >= 11 is 0. The van der Waals surface area contributed by atoms with Crippen LogP contribution >= 0.6 is 0 Å². The largest absolute Gasteiger partial charge is 0.360 e. The van der Waals surface area contributed by atoms with E-state index in [9.17, 15) is 4.79 Å². The van der Waals surface area contributed by atoms with E-state index in [1.165, 1.54) is 0 Å². The number of aromatic nitrogens is 1. The molecule has 2 aromatic rings. The van der Waals surface area contributed by atoms with E-state index >= 15 is 0 Å². The van der Waals surface area contributed by atoms with E-state index in [1.807, 2.05) is 38.2 Å². The van der Waals surface area contributed by atoms with Gasteiger partial charge in [0.1, 0.15) is 0 Å². The highest BCUT2D eigenvalue weighted by Crippen LogP contribution is 2.33. The van der Waals surface area contributed by atoms with Crippen LogP contribution in [-0.4, -0.2) is 18.1 Å². The Balaban J connectivity index is 1.80. The number of hydrogen-bond acceptors (Lipinski definition) is 4. The number of para-hydroxylation sites is 1. The van der Waals surface area contributed by atoms with E-state index in [-0.39, 0.29) is 11.9 Å². The zero-order valence-electron chi connectivity index (χ0n) is 11.6. The maximum absolute atomic E-state index is 12.0. The fraction of sp³-hybridized carbons (Fsp3) is 0.333. The van der Waals surface area contributed by atoms with Crippen LogP contribution < -0.4 is 10.2 Å². The molecule has 0 saturated carbocycles. The third-order valence-corrected chi connectivity index (χ3v) is 3.63. The van der Waals surface area contributed by atoms with Gasteiger partial charge in [-0.1, -0.05) is 23.4 Å². The van der Waals surface area contributed by atoms with E-state index in [0.29, 0.717) is 13.0 Å². The molecule has 0 aliphatic carbocycles. The summed E-state index contributed by atoms with van der Waals surface area (Å²) in [5.41, 5.74) is 2.97. The Morgan fingerprint density at radius 3 is 3.00 bits per heavy atom. The van der Waals surface area contributed by atoms with Crippen LogP contribution in [0.1, 0.15) is 29.5 Å². The van der Waals surface area contributed by atoms with Crippen LogP contribution in [0.25, 0.3) is 0 Å². The molecule has 0 bridgehead atoms. The van der Waals surface area contributed by atoms with Gasteiger partial charge in [-0.25, -0.2) is 0 Å². The summed E-state index contributed by atoms with van der Waals surface area (Å²) in [4.78, 5) is 13.7. The monoisotopic (exact) mass is 271 g/mol. The van der Waals surface area contributed by atoms with Crippen LogP contribution in [0.5, 0.6) is 0 Å². The van der Waals surface area contributed by atoms with Crippen molar-refractivity contribution in [1.29, 1.82) is 0 Å². The lowest BCUT2D eigenvalue weighted by atomic mass is 9.96. The minimum absolute atomic E-state index is 0.0142. The molecule has 1 amide bonds. The summed E-state index contributed by atoms with van der Waals surface area (Å²) in [6.07, 6.45) is 0.459. The number of aryl methyl sites for hydroxylation is 1. The Bertz CT molecular complexity index is 636. The molecule has 1 unspecified atom stereocenters. The molecule has 0 spiro atoms. The van der Waals surface area contributed by atoms with Crippen molar-refractivity contribution in [3.05, 3.63) is 47.3 Å². The predicted octanol–water partition coefficient (Wildman–Crippen LogP) is 2.18. The Hall–Kier alpha value is -2.14. The number of carbonyl (C=O) groups excluding carboxylic acids is 1. The quantitative estimate of drug-likeness (QED) is 0.929. The Labute approximate surface area is 117 Å². The van der Waals surface area contributed by atoms with Gasteiger partial charge in [0.2, 0.25) is 5.91 Å². The molecule has 1 aromatic carbocycles. The molecule has 104 valence electrons. The Morgan fingerprint density at radius 1 is 1.45 bits per heavy atom. The Morgan fingerprint density at radius 2 is 2.25 bits per heavy atom. The average molecular weight is 271 g/mol. The van der Waals surface area contributed by atoms with Crippen LogP contribution in [0.4, 0.5) is 5.69 Å². The summed E-state index contributed by atoms with van der Waals surface area (Å²) in [6.45, 7) is 2.46. The molecule has 0 fully saturated rings. The Kier molecular flexibility index (Phi) is 3.28. The first-order valence-electron chi connectivity index (χ1n) is 6.66. The first-order valence-corrected chi connectivity index (χ1v) is 6.66. The van der Waals surface area contributed by atoms with Crippen molar-refractivity contribution in [1.82, 2.24) is 10.5 Å². The maximum Gasteiger partial charge on any atom is 0.228 e. The molecule has 2 heterocycles. The lowest BCUT2D eigenvalue weighted by molar-refractivity contribution is -0.119. The van der Waals surface area contributed by atoms with Crippen molar-refractivity contribution in [2.75, 3.05) is 11.9 Å². The second-order valence-corrected chi connectivity index (χ2v) is 5.08. The number of rotatable bonds is 3. The number of fused-ring (bicyclic) bond motifs is 1. The summed E-state index contributed by atoms with van der Waals surface area (Å²) in [7, 11) is 1.82. The third-order valence-electron chi connectivity index (χ3n) is 3.63. The molecule has 1 N–H and O–H groups in total. The first kappa shape index (κ1) is 12.9. The molecule has 1 atom stereocenters. The minimum Gasteiger partial charge on any atom is -0.360 e. The van der Waals surface area contributed by atoms with E-state index < -0.39 is 0 Å². The number of anilines is 1. The van der Waals surface area contributed by atoms with E-state index in [2.05, 4.69) is 16.5 Å². The maximum atomic E-state index is 12.0. The van der Waals surface area contributed by atoms with Gasteiger partial charge >= 0.3 is 0 Å². The lowest BCUT2D eigenvalue weighted by Gasteiger charge is -2.31. The van der Waals surface area contributed by atoms with Gasteiger partial charge in [-0.05, 0) is 18.6 Å². The second kappa shape index (κ2) is 5.09.